The van der Waals surface area contributed by atoms with E-state index in [4.69, 9.17) is 4.98 Å². The highest BCUT2D eigenvalue weighted by atomic mass is 19.1. The van der Waals surface area contributed by atoms with Gasteiger partial charge in [-0.15, -0.1) is 0 Å². The highest BCUT2D eigenvalue weighted by molar-refractivity contribution is 5.93. The van der Waals surface area contributed by atoms with Gasteiger partial charge in [-0.2, -0.15) is 0 Å². The fraction of sp³-hybridized carbons (Fsp3) is 0.286. The van der Waals surface area contributed by atoms with Crippen molar-refractivity contribution in [3.63, 3.8) is 0 Å². The Labute approximate surface area is 199 Å². The molecule has 1 fully saturated rings. The number of nitrogens with one attached hydrogen (secondary N) is 1. The lowest BCUT2D eigenvalue weighted by Crippen LogP contribution is -2.38. The Morgan fingerprint density at radius 2 is 1.74 bits per heavy atom. The molecule has 6 heteroatoms. The smallest absolute Gasteiger partial charge is 0.227 e. The lowest BCUT2D eigenvalue weighted by Gasteiger charge is -2.31. The Balaban J connectivity index is 1.29. The van der Waals surface area contributed by atoms with Gasteiger partial charge in [0.1, 0.15) is 11.6 Å². The van der Waals surface area contributed by atoms with E-state index >= 15 is 0 Å². The molecule has 34 heavy (non-hydrogen) atoms. The molecule has 0 atom stereocenters. The number of hydrogen-bond acceptors (Lipinski definition) is 3. The van der Waals surface area contributed by atoms with Crippen LogP contribution in [0.4, 0.5) is 10.1 Å². The molecule has 1 N–H and O–H groups in total. The van der Waals surface area contributed by atoms with Crippen molar-refractivity contribution in [3.8, 4) is 5.69 Å². The van der Waals surface area contributed by atoms with Crippen LogP contribution in [0, 0.1) is 25.6 Å². The minimum atomic E-state index is -0.254. The minimum absolute atomic E-state index is 0.00655. The Morgan fingerprint density at radius 1 is 1.00 bits per heavy atom. The highest BCUT2D eigenvalue weighted by Crippen LogP contribution is 2.26. The Hall–Kier alpha value is -3.51. The molecule has 0 unspecified atom stereocenters. The van der Waals surface area contributed by atoms with Crippen molar-refractivity contribution in [3.05, 3.63) is 89.5 Å². The second-order valence-corrected chi connectivity index (χ2v) is 9.12. The van der Waals surface area contributed by atoms with E-state index < -0.39 is 0 Å². The molecule has 1 saturated heterocycles. The average Bonchev–Trinajstić information content (AvgIpc) is 3.21. The van der Waals surface area contributed by atoms with Crippen LogP contribution in [0.25, 0.3) is 16.7 Å². The predicted molar refractivity (Wildman–Crippen MR) is 134 cm³/mol. The normalized spacial score (nSPS) is 15.0. The van der Waals surface area contributed by atoms with Crippen LogP contribution in [0.5, 0.6) is 0 Å². The van der Waals surface area contributed by atoms with Crippen molar-refractivity contribution < 1.29 is 9.18 Å². The number of halogens is 1. The van der Waals surface area contributed by atoms with Crippen molar-refractivity contribution in [2.75, 3.05) is 18.4 Å². The molecule has 1 aliphatic rings. The van der Waals surface area contributed by atoms with Crippen LogP contribution in [0.2, 0.25) is 0 Å². The van der Waals surface area contributed by atoms with Gasteiger partial charge in [-0.1, -0.05) is 24.3 Å². The monoisotopic (exact) mass is 456 g/mol. The number of para-hydroxylation sites is 2. The number of rotatable bonds is 5. The number of hydrogen-bond donors (Lipinski definition) is 1. The van der Waals surface area contributed by atoms with Gasteiger partial charge in [-0.05, 0) is 93.4 Å². The summed E-state index contributed by atoms with van der Waals surface area (Å²) < 4.78 is 15.6. The van der Waals surface area contributed by atoms with Crippen LogP contribution in [-0.2, 0) is 11.3 Å². The SMILES string of the molecule is Cc1cccc(NC(=O)C2CCN(Cc3nc4ccccc4n3-c3ccc(F)cc3)CC2)c1C. The number of fused-ring (bicyclic) bond motifs is 1. The first kappa shape index (κ1) is 22.3. The first-order valence-electron chi connectivity index (χ1n) is 11.8. The fourth-order valence-corrected chi connectivity index (χ4v) is 4.73. The molecule has 1 aromatic heterocycles. The highest BCUT2D eigenvalue weighted by Gasteiger charge is 2.26. The number of benzene rings is 3. The van der Waals surface area contributed by atoms with E-state index in [9.17, 15) is 9.18 Å². The summed E-state index contributed by atoms with van der Waals surface area (Å²) in [4.78, 5) is 20.1. The number of piperidine rings is 1. The summed E-state index contributed by atoms with van der Waals surface area (Å²) in [7, 11) is 0. The Morgan fingerprint density at radius 3 is 2.50 bits per heavy atom. The molecular formula is C28H29FN4O. The van der Waals surface area contributed by atoms with Crippen LogP contribution in [0.3, 0.4) is 0 Å². The number of aryl methyl sites for hydroxylation is 1. The Bertz CT molecular complexity index is 1320. The molecule has 1 amide bonds. The molecule has 0 aliphatic carbocycles. The van der Waals surface area contributed by atoms with Gasteiger partial charge in [-0.3, -0.25) is 14.3 Å². The molecular weight excluding hydrogens is 427 g/mol. The first-order valence-corrected chi connectivity index (χ1v) is 11.8. The summed E-state index contributed by atoms with van der Waals surface area (Å²) in [6, 6.07) is 20.6. The zero-order valence-electron chi connectivity index (χ0n) is 19.6. The maximum Gasteiger partial charge on any atom is 0.227 e. The second-order valence-electron chi connectivity index (χ2n) is 9.12. The third-order valence-electron chi connectivity index (χ3n) is 6.90. The van der Waals surface area contributed by atoms with Gasteiger partial charge in [0.25, 0.3) is 0 Å². The van der Waals surface area contributed by atoms with Gasteiger partial charge >= 0.3 is 0 Å². The summed E-state index contributed by atoms with van der Waals surface area (Å²) in [5.74, 6) is 0.779. The van der Waals surface area contributed by atoms with Gasteiger partial charge in [0.05, 0.1) is 17.6 Å². The maximum atomic E-state index is 13.5. The zero-order chi connectivity index (χ0) is 23.7. The number of amides is 1. The largest absolute Gasteiger partial charge is 0.326 e. The quantitative estimate of drug-likeness (QED) is 0.423. The number of nitrogens with zero attached hydrogens (tertiary/aromatic N) is 3. The number of anilines is 1. The number of aromatic nitrogens is 2. The zero-order valence-corrected chi connectivity index (χ0v) is 19.6. The van der Waals surface area contributed by atoms with Gasteiger partial charge in [0.15, 0.2) is 0 Å². The number of imidazole rings is 1. The van der Waals surface area contributed by atoms with Crippen molar-refractivity contribution in [2.45, 2.75) is 33.2 Å². The number of carbonyl (C=O) groups excluding carboxylic acids is 1. The van der Waals surface area contributed by atoms with Crippen LogP contribution in [-0.4, -0.2) is 33.4 Å². The lowest BCUT2D eigenvalue weighted by molar-refractivity contribution is -0.121. The first-order chi connectivity index (χ1) is 16.5. The molecule has 4 aromatic rings. The lowest BCUT2D eigenvalue weighted by atomic mass is 9.95. The van der Waals surface area contributed by atoms with E-state index in [0.29, 0.717) is 6.54 Å². The van der Waals surface area contributed by atoms with Crippen molar-refractivity contribution in [1.82, 2.24) is 14.5 Å². The second kappa shape index (κ2) is 9.39. The van der Waals surface area contributed by atoms with Gasteiger partial charge in [-0.25, -0.2) is 9.37 Å². The summed E-state index contributed by atoms with van der Waals surface area (Å²) in [6.45, 7) is 6.44. The number of likely N-dealkylation sites (tertiary alicyclic amines) is 1. The van der Waals surface area contributed by atoms with Crippen molar-refractivity contribution >= 4 is 22.6 Å². The van der Waals surface area contributed by atoms with Gasteiger partial charge in [0.2, 0.25) is 5.91 Å². The van der Waals surface area contributed by atoms with E-state index in [2.05, 4.69) is 27.8 Å². The molecule has 5 rings (SSSR count). The molecule has 0 radical (unpaired) electrons. The summed E-state index contributed by atoms with van der Waals surface area (Å²) in [6.07, 6.45) is 1.63. The topological polar surface area (TPSA) is 50.2 Å². The molecule has 2 heterocycles. The van der Waals surface area contributed by atoms with Crippen LogP contribution in [0.1, 0.15) is 29.8 Å². The van der Waals surface area contributed by atoms with Crippen molar-refractivity contribution in [2.24, 2.45) is 5.92 Å². The molecule has 1 aliphatic heterocycles. The van der Waals surface area contributed by atoms with Crippen molar-refractivity contribution in [1.29, 1.82) is 0 Å². The van der Waals surface area contributed by atoms with E-state index in [1.54, 1.807) is 12.1 Å². The third-order valence-corrected chi connectivity index (χ3v) is 6.90. The van der Waals surface area contributed by atoms with E-state index in [1.165, 1.54) is 17.7 Å². The molecule has 0 spiro atoms. The molecule has 0 bridgehead atoms. The van der Waals surface area contributed by atoms with Crippen LogP contribution in [0.15, 0.2) is 66.7 Å². The average molecular weight is 457 g/mol. The maximum absolute atomic E-state index is 13.5. The molecule has 3 aromatic carbocycles. The standard InChI is InChI=1S/C28H29FN4O/c1-19-6-5-8-24(20(19)2)31-28(34)21-14-16-32(17-15-21)18-27-30-25-7-3-4-9-26(25)33(27)23-12-10-22(29)11-13-23/h3-13,21H,14-18H2,1-2H3,(H,31,34). The summed E-state index contributed by atoms with van der Waals surface area (Å²) in [5, 5.41) is 3.13. The number of carbonyl (C=O) groups is 1. The Kier molecular flexibility index (Phi) is 6.16. The van der Waals surface area contributed by atoms with Gasteiger partial charge in [0, 0.05) is 17.3 Å². The van der Waals surface area contributed by atoms with E-state index in [1.807, 2.05) is 43.3 Å². The third kappa shape index (κ3) is 4.46. The fourth-order valence-electron chi connectivity index (χ4n) is 4.73. The van der Waals surface area contributed by atoms with Gasteiger partial charge < -0.3 is 5.32 Å². The molecule has 0 saturated carbocycles. The van der Waals surface area contributed by atoms with Crippen LogP contribution >= 0.6 is 0 Å². The molecule has 174 valence electrons. The summed E-state index contributed by atoms with van der Waals surface area (Å²) >= 11 is 0. The predicted octanol–water partition coefficient (Wildman–Crippen LogP) is 5.63. The summed E-state index contributed by atoms with van der Waals surface area (Å²) in [5.41, 5.74) is 6.02. The molecule has 5 nitrogen and oxygen atoms in total. The minimum Gasteiger partial charge on any atom is -0.326 e. The van der Waals surface area contributed by atoms with E-state index in [0.717, 1.165) is 59.7 Å². The van der Waals surface area contributed by atoms with E-state index in [-0.39, 0.29) is 17.6 Å². The van der Waals surface area contributed by atoms with Crippen LogP contribution < -0.4 is 5.32 Å².